The van der Waals surface area contributed by atoms with E-state index in [2.05, 4.69) is 22.1 Å². The molecule has 0 fully saturated rings. The van der Waals surface area contributed by atoms with Crippen LogP contribution in [-0.4, -0.2) is 47.2 Å². The molecule has 8 nitrogen and oxygen atoms in total. The van der Waals surface area contributed by atoms with Crippen LogP contribution in [0.3, 0.4) is 0 Å². The van der Waals surface area contributed by atoms with Crippen molar-refractivity contribution in [3.8, 4) is 29.1 Å². The van der Waals surface area contributed by atoms with Crippen molar-refractivity contribution in [3.05, 3.63) is 78.1 Å². The monoisotopic (exact) mass is 471 g/mol. The predicted molar refractivity (Wildman–Crippen MR) is 131 cm³/mol. The van der Waals surface area contributed by atoms with Crippen molar-refractivity contribution in [3.63, 3.8) is 0 Å². The van der Waals surface area contributed by atoms with Gasteiger partial charge in [0, 0.05) is 24.9 Å². The van der Waals surface area contributed by atoms with Crippen molar-refractivity contribution in [2.75, 3.05) is 18.6 Å². The number of aliphatic hydroxyl groups is 1. The molecule has 0 unspecified atom stereocenters. The van der Waals surface area contributed by atoms with Crippen molar-refractivity contribution >= 4 is 17.5 Å². The van der Waals surface area contributed by atoms with E-state index in [9.17, 15) is 14.7 Å². The highest BCUT2D eigenvalue weighted by Crippen LogP contribution is 2.31. The minimum atomic E-state index is -1.14. The zero-order valence-corrected chi connectivity index (χ0v) is 19.6. The summed E-state index contributed by atoms with van der Waals surface area (Å²) in [5.41, 5.74) is 0.110. The molecule has 4 rings (SSSR count). The molecule has 1 aromatic heterocycles. The quantitative estimate of drug-likeness (QED) is 0.567. The fraction of sp³-hybridized carbons (Fsp3) is 0.222. The summed E-state index contributed by atoms with van der Waals surface area (Å²) < 4.78 is 11.6. The minimum Gasteiger partial charge on any atom is -0.489 e. The Bertz CT molecular complexity index is 1310. The molecule has 1 aliphatic heterocycles. The standard InChI is InChI=1S/C27H25N3O5/c1-27(2,33)13-11-18-9-10-24-23(15-18)30(3)26(32)22(17-34-24)29-25(31)21-16-20(12-14-28-21)35-19-7-5-4-6-8-19/h4-10,12,14-16,22,33H,17H2,1-3H3,(H,29,31)/t22-/m0/s1. The molecule has 8 heteroatoms. The van der Waals surface area contributed by atoms with Gasteiger partial charge in [-0.05, 0) is 50.2 Å². The van der Waals surface area contributed by atoms with Gasteiger partial charge in [-0.2, -0.15) is 0 Å². The lowest BCUT2D eigenvalue weighted by molar-refractivity contribution is -0.120. The van der Waals surface area contributed by atoms with Crippen LogP contribution in [0.1, 0.15) is 29.9 Å². The van der Waals surface area contributed by atoms with Crippen LogP contribution >= 0.6 is 0 Å². The zero-order chi connectivity index (χ0) is 25.0. The molecule has 0 aliphatic carbocycles. The molecular formula is C27H25N3O5. The number of hydrogen-bond donors (Lipinski definition) is 2. The summed E-state index contributed by atoms with van der Waals surface area (Å²) in [6.45, 7) is 3.14. The fourth-order valence-corrected chi connectivity index (χ4v) is 3.36. The second-order valence-corrected chi connectivity index (χ2v) is 8.52. The van der Waals surface area contributed by atoms with Crippen LogP contribution < -0.4 is 19.7 Å². The third kappa shape index (κ3) is 5.96. The first kappa shape index (κ1) is 23.8. The van der Waals surface area contributed by atoms with Gasteiger partial charge in [-0.3, -0.25) is 14.6 Å². The van der Waals surface area contributed by atoms with Crippen LogP contribution in [0.25, 0.3) is 0 Å². The van der Waals surface area contributed by atoms with Gasteiger partial charge in [0.1, 0.15) is 41.2 Å². The van der Waals surface area contributed by atoms with E-state index in [0.717, 1.165) is 0 Å². The number of para-hydroxylation sites is 1. The summed E-state index contributed by atoms with van der Waals surface area (Å²) in [7, 11) is 1.61. The highest BCUT2D eigenvalue weighted by atomic mass is 16.5. The minimum absolute atomic E-state index is 0.0448. The van der Waals surface area contributed by atoms with E-state index in [4.69, 9.17) is 9.47 Å². The molecule has 3 aromatic rings. The van der Waals surface area contributed by atoms with Gasteiger partial charge in [0.15, 0.2) is 0 Å². The fourth-order valence-electron chi connectivity index (χ4n) is 3.36. The van der Waals surface area contributed by atoms with Crippen LogP contribution in [0, 0.1) is 11.8 Å². The summed E-state index contributed by atoms with van der Waals surface area (Å²) in [6.07, 6.45) is 1.47. The van der Waals surface area contributed by atoms with Gasteiger partial charge in [0.05, 0.1) is 5.69 Å². The highest BCUT2D eigenvalue weighted by Gasteiger charge is 2.31. The van der Waals surface area contributed by atoms with E-state index in [1.54, 1.807) is 57.3 Å². The molecule has 0 saturated heterocycles. The van der Waals surface area contributed by atoms with Gasteiger partial charge in [-0.1, -0.05) is 30.0 Å². The van der Waals surface area contributed by atoms with Crippen LogP contribution in [0.2, 0.25) is 0 Å². The van der Waals surface area contributed by atoms with Crippen LogP contribution in [0.4, 0.5) is 5.69 Å². The second kappa shape index (κ2) is 9.87. The number of pyridine rings is 1. The third-order valence-corrected chi connectivity index (χ3v) is 5.12. The summed E-state index contributed by atoms with van der Waals surface area (Å²) in [5.74, 6) is 6.33. The van der Waals surface area contributed by atoms with Crippen molar-refractivity contribution in [2.45, 2.75) is 25.5 Å². The van der Waals surface area contributed by atoms with Crippen molar-refractivity contribution in [1.82, 2.24) is 10.3 Å². The number of carbonyl (C=O) groups excluding carboxylic acids is 2. The lowest BCUT2D eigenvalue weighted by atomic mass is 10.1. The molecule has 1 aliphatic rings. The Kier molecular flexibility index (Phi) is 6.71. The molecule has 2 aromatic carbocycles. The van der Waals surface area contributed by atoms with E-state index < -0.39 is 17.6 Å². The number of amides is 2. The summed E-state index contributed by atoms with van der Waals surface area (Å²) in [5, 5.41) is 12.6. The molecule has 0 radical (unpaired) electrons. The number of nitrogens with zero attached hydrogens (tertiary/aromatic N) is 2. The first-order valence-corrected chi connectivity index (χ1v) is 11.0. The van der Waals surface area contributed by atoms with Gasteiger partial charge in [-0.25, -0.2) is 0 Å². The number of fused-ring (bicyclic) bond motifs is 1. The van der Waals surface area contributed by atoms with E-state index in [1.807, 2.05) is 18.2 Å². The van der Waals surface area contributed by atoms with Crippen molar-refractivity contribution in [2.24, 2.45) is 0 Å². The number of carbonyl (C=O) groups is 2. The molecule has 0 bridgehead atoms. The number of anilines is 1. The Hall–Kier alpha value is -4.35. The first-order valence-electron chi connectivity index (χ1n) is 11.0. The molecule has 1 atom stereocenters. The van der Waals surface area contributed by atoms with Crippen LogP contribution in [0.5, 0.6) is 17.2 Å². The summed E-state index contributed by atoms with van der Waals surface area (Å²) in [4.78, 5) is 31.5. The largest absolute Gasteiger partial charge is 0.489 e. The maximum absolute atomic E-state index is 13.1. The molecular weight excluding hydrogens is 446 g/mol. The van der Waals surface area contributed by atoms with E-state index >= 15 is 0 Å². The SMILES string of the molecule is CN1C(=O)[C@@H](NC(=O)c2cc(Oc3ccccc3)ccn2)COc2ccc(C#CC(C)(C)O)cc21. The lowest BCUT2D eigenvalue weighted by Gasteiger charge is -2.20. The first-order chi connectivity index (χ1) is 16.7. The molecule has 2 N–H and O–H groups in total. The Morgan fingerprint density at radius 3 is 2.69 bits per heavy atom. The Morgan fingerprint density at radius 1 is 1.17 bits per heavy atom. The second-order valence-electron chi connectivity index (χ2n) is 8.52. The van der Waals surface area contributed by atoms with Gasteiger partial charge < -0.3 is 24.8 Å². The summed E-state index contributed by atoms with van der Waals surface area (Å²) in [6, 6.07) is 16.6. The average Bonchev–Trinajstić information content (AvgIpc) is 2.95. The van der Waals surface area contributed by atoms with Crippen LogP contribution in [-0.2, 0) is 4.79 Å². The molecule has 2 amide bonds. The molecule has 178 valence electrons. The Morgan fingerprint density at radius 2 is 1.94 bits per heavy atom. The number of likely N-dealkylation sites (N-methyl/N-ethyl adjacent to an activating group) is 1. The van der Waals surface area contributed by atoms with Crippen molar-refractivity contribution in [1.29, 1.82) is 0 Å². The number of nitrogens with one attached hydrogen (secondary N) is 1. The highest BCUT2D eigenvalue weighted by molar-refractivity contribution is 6.03. The number of rotatable bonds is 4. The average molecular weight is 472 g/mol. The molecule has 2 heterocycles. The normalized spacial score (nSPS) is 15.1. The molecule has 0 spiro atoms. The van der Waals surface area contributed by atoms with E-state index in [1.165, 1.54) is 17.2 Å². The Labute approximate surface area is 203 Å². The van der Waals surface area contributed by atoms with Crippen molar-refractivity contribution < 1.29 is 24.2 Å². The summed E-state index contributed by atoms with van der Waals surface area (Å²) >= 11 is 0. The smallest absolute Gasteiger partial charge is 0.270 e. The third-order valence-electron chi connectivity index (χ3n) is 5.12. The van der Waals surface area contributed by atoms with Gasteiger partial charge >= 0.3 is 0 Å². The maximum Gasteiger partial charge on any atom is 0.270 e. The number of benzene rings is 2. The van der Waals surface area contributed by atoms with E-state index in [0.29, 0.717) is 28.5 Å². The maximum atomic E-state index is 13.1. The zero-order valence-electron chi connectivity index (χ0n) is 19.6. The van der Waals surface area contributed by atoms with Gasteiger partial charge in [0.2, 0.25) is 0 Å². The van der Waals surface area contributed by atoms with Crippen LogP contribution in [0.15, 0.2) is 66.9 Å². The van der Waals surface area contributed by atoms with Gasteiger partial charge in [-0.15, -0.1) is 0 Å². The van der Waals surface area contributed by atoms with Gasteiger partial charge in [0.25, 0.3) is 11.8 Å². The number of aromatic nitrogens is 1. The molecule has 0 saturated carbocycles. The number of ether oxygens (including phenoxy) is 2. The lowest BCUT2D eigenvalue weighted by Crippen LogP contribution is -2.49. The number of hydrogen-bond acceptors (Lipinski definition) is 6. The Balaban J connectivity index is 1.48. The predicted octanol–water partition coefficient (Wildman–Crippen LogP) is 3.15. The topological polar surface area (TPSA) is 101 Å². The van der Waals surface area contributed by atoms with E-state index in [-0.39, 0.29) is 18.2 Å². The molecule has 35 heavy (non-hydrogen) atoms.